The van der Waals surface area contributed by atoms with Crippen LogP contribution in [-0.2, 0) is 17.6 Å². The normalized spacial score (nSPS) is 10.6. The highest BCUT2D eigenvalue weighted by Gasteiger charge is 2.06. The molecule has 1 nitrogen and oxygen atoms in total. The number of carbonyl (C=O) groups is 1. The third-order valence-corrected chi connectivity index (χ3v) is 4.50. The lowest BCUT2D eigenvalue weighted by atomic mass is 10.0. The lowest BCUT2D eigenvalue weighted by Crippen LogP contribution is -2.03. The summed E-state index contributed by atoms with van der Waals surface area (Å²) in [5.41, 5.74) is 2.50. The summed E-state index contributed by atoms with van der Waals surface area (Å²) < 4.78 is 1.06. The van der Waals surface area contributed by atoms with Crippen LogP contribution in [0.15, 0.2) is 40.2 Å². The summed E-state index contributed by atoms with van der Waals surface area (Å²) >= 11 is 5.04. The van der Waals surface area contributed by atoms with E-state index in [0.29, 0.717) is 18.6 Å². The fourth-order valence-electron chi connectivity index (χ4n) is 1.77. The number of hydrogen-bond donors (Lipinski definition) is 0. The van der Waals surface area contributed by atoms with Crippen LogP contribution in [0.2, 0.25) is 0 Å². The summed E-state index contributed by atoms with van der Waals surface area (Å²) in [6.07, 6.45) is 2.02. The number of halogens is 1. The van der Waals surface area contributed by atoms with Crippen LogP contribution in [0, 0.1) is 6.92 Å². The number of carbonyl (C=O) groups excluding carboxylic acids is 1. The van der Waals surface area contributed by atoms with Gasteiger partial charge in [0.05, 0.1) is 0 Å². The average molecular weight is 323 g/mol. The summed E-state index contributed by atoms with van der Waals surface area (Å²) in [4.78, 5) is 13.0. The van der Waals surface area contributed by atoms with Crippen molar-refractivity contribution in [1.82, 2.24) is 0 Å². The van der Waals surface area contributed by atoms with Gasteiger partial charge in [-0.15, -0.1) is 11.3 Å². The van der Waals surface area contributed by atoms with Crippen LogP contribution in [-0.4, -0.2) is 5.78 Å². The summed E-state index contributed by atoms with van der Waals surface area (Å²) in [5, 5.41) is 2.02. The van der Waals surface area contributed by atoms with Crippen molar-refractivity contribution in [3.8, 4) is 0 Å². The standard InChI is InChI=1S/C15H15BrOS/c1-11-2-4-12(5-3-11)6-7-14(17)9-15-8-13(16)10-18-15/h2-5,8,10H,6-7,9H2,1H3. The maximum absolute atomic E-state index is 11.9. The first kappa shape index (κ1) is 13.5. The van der Waals surface area contributed by atoms with Gasteiger partial charge in [-0.1, -0.05) is 29.8 Å². The van der Waals surface area contributed by atoms with Crippen molar-refractivity contribution >= 4 is 33.0 Å². The molecule has 0 radical (unpaired) electrons. The van der Waals surface area contributed by atoms with Gasteiger partial charge in [-0.25, -0.2) is 0 Å². The molecule has 1 aromatic carbocycles. The molecule has 0 amide bonds. The minimum Gasteiger partial charge on any atom is -0.299 e. The maximum Gasteiger partial charge on any atom is 0.138 e. The van der Waals surface area contributed by atoms with E-state index in [9.17, 15) is 4.79 Å². The Labute approximate surface area is 120 Å². The summed E-state index contributed by atoms with van der Waals surface area (Å²) in [5.74, 6) is 0.310. The number of rotatable bonds is 5. The number of benzene rings is 1. The molecule has 2 rings (SSSR count). The minimum absolute atomic E-state index is 0.310. The van der Waals surface area contributed by atoms with E-state index in [1.54, 1.807) is 11.3 Å². The number of hydrogen-bond acceptors (Lipinski definition) is 2. The van der Waals surface area contributed by atoms with Crippen molar-refractivity contribution in [2.45, 2.75) is 26.2 Å². The van der Waals surface area contributed by atoms with Crippen LogP contribution < -0.4 is 0 Å². The number of Topliss-reactive ketones (excluding diaryl/α,β-unsaturated/α-hetero) is 1. The Morgan fingerprint density at radius 1 is 1.28 bits per heavy atom. The van der Waals surface area contributed by atoms with Gasteiger partial charge in [0.25, 0.3) is 0 Å². The molecule has 0 atom stereocenters. The Kier molecular flexibility index (Phi) is 4.72. The quantitative estimate of drug-likeness (QED) is 0.788. The highest BCUT2D eigenvalue weighted by atomic mass is 79.9. The first-order valence-corrected chi connectivity index (χ1v) is 7.61. The molecule has 3 heteroatoms. The van der Waals surface area contributed by atoms with Crippen molar-refractivity contribution in [2.24, 2.45) is 0 Å². The maximum atomic E-state index is 11.9. The second-order valence-corrected chi connectivity index (χ2v) is 6.34. The Morgan fingerprint density at radius 2 is 2.00 bits per heavy atom. The lowest BCUT2D eigenvalue weighted by Gasteiger charge is -2.01. The third kappa shape index (κ3) is 4.07. The molecule has 0 saturated carbocycles. The summed E-state index contributed by atoms with van der Waals surface area (Å²) in [6.45, 7) is 2.07. The molecule has 94 valence electrons. The SMILES string of the molecule is Cc1ccc(CCC(=O)Cc2cc(Br)cs2)cc1. The van der Waals surface area contributed by atoms with Gasteiger partial charge in [-0.2, -0.15) is 0 Å². The Hall–Kier alpha value is -0.930. The molecule has 0 N–H and O–H groups in total. The molecule has 0 fully saturated rings. The van der Waals surface area contributed by atoms with Crippen LogP contribution in [0.5, 0.6) is 0 Å². The molecule has 1 heterocycles. The molecule has 1 aromatic heterocycles. The van der Waals surface area contributed by atoms with Crippen LogP contribution in [0.25, 0.3) is 0 Å². The fraction of sp³-hybridized carbons (Fsp3) is 0.267. The van der Waals surface area contributed by atoms with Gasteiger partial charge in [-0.05, 0) is 40.9 Å². The van der Waals surface area contributed by atoms with Crippen LogP contribution >= 0.6 is 27.3 Å². The van der Waals surface area contributed by atoms with Crippen molar-refractivity contribution in [3.05, 3.63) is 56.2 Å². The largest absolute Gasteiger partial charge is 0.299 e. The van der Waals surface area contributed by atoms with E-state index in [0.717, 1.165) is 15.8 Å². The van der Waals surface area contributed by atoms with Crippen molar-refractivity contribution < 1.29 is 4.79 Å². The second kappa shape index (κ2) is 6.30. The zero-order valence-corrected chi connectivity index (χ0v) is 12.7. The van der Waals surface area contributed by atoms with E-state index in [2.05, 4.69) is 47.1 Å². The zero-order chi connectivity index (χ0) is 13.0. The van der Waals surface area contributed by atoms with Gasteiger partial charge in [0.15, 0.2) is 0 Å². The summed E-state index contributed by atoms with van der Waals surface area (Å²) in [6, 6.07) is 10.4. The zero-order valence-electron chi connectivity index (χ0n) is 10.3. The third-order valence-electron chi connectivity index (χ3n) is 2.81. The van der Waals surface area contributed by atoms with Gasteiger partial charge < -0.3 is 0 Å². The van der Waals surface area contributed by atoms with Crippen LogP contribution in [0.1, 0.15) is 22.4 Å². The van der Waals surface area contributed by atoms with Crippen LogP contribution in [0.4, 0.5) is 0 Å². The molecule has 0 aliphatic carbocycles. The fourth-order valence-corrected chi connectivity index (χ4v) is 3.25. The van der Waals surface area contributed by atoms with E-state index in [-0.39, 0.29) is 0 Å². The van der Waals surface area contributed by atoms with Crippen LogP contribution in [0.3, 0.4) is 0 Å². The molecule has 0 unspecified atom stereocenters. The monoisotopic (exact) mass is 322 g/mol. The Bertz CT molecular complexity index is 528. The van der Waals surface area contributed by atoms with Gasteiger partial charge >= 0.3 is 0 Å². The molecule has 0 saturated heterocycles. The molecular formula is C15H15BrOS. The molecule has 18 heavy (non-hydrogen) atoms. The summed E-state index contributed by atoms with van der Waals surface area (Å²) in [7, 11) is 0. The van der Waals surface area contributed by atoms with Crippen molar-refractivity contribution in [2.75, 3.05) is 0 Å². The number of thiophene rings is 1. The predicted molar refractivity (Wildman–Crippen MR) is 80.2 cm³/mol. The smallest absolute Gasteiger partial charge is 0.138 e. The van der Waals surface area contributed by atoms with E-state index in [4.69, 9.17) is 0 Å². The van der Waals surface area contributed by atoms with E-state index < -0.39 is 0 Å². The van der Waals surface area contributed by atoms with Gasteiger partial charge in [0.1, 0.15) is 5.78 Å². The van der Waals surface area contributed by atoms with Gasteiger partial charge in [0, 0.05) is 27.6 Å². The number of ketones is 1. The second-order valence-electron chi connectivity index (χ2n) is 4.43. The Morgan fingerprint density at radius 3 is 2.61 bits per heavy atom. The van der Waals surface area contributed by atoms with Gasteiger partial charge in [-0.3, -0.25) is 4.79 Å². The minimum atomic E-state index is 0.310. The predicted octanol–water partition coefficient (Wildman–Crippen LogP) is 4.56. The lowest BCUT2D eigenvalue weighted by molar-refractivity contribution is -0.118. The average Bonchev–Trinajstić information content (AvgIpc) is 2.74. The van der Waals surface area contributed by atoms with E-state index in [1.807, 2.05) is 11.4 Å². The first-order valence-electron chi connectivity index (χ1n) is 5.93. The number of aryl methyl sites for hydroxylation is 2. The molecule has 0 spiro atoms. The highest BCUT2D eigenvalue weighted by molar-refractivity contribution is 9.10. The molecule has 0 aliphatic heterocycles. The van der Waals surface area contributed by atoms with Crippen molar-refractivity contribution in [1.29, 1.82) is 0 Å². The molecular weight excluding hydrogens is 308 g/mol. The molecule has 2 aromatic rings. The first-order chi connectivity index (χ1) is 8.63. The van der Waals surface area contributed by atoms with E-state index >= 15 is 0 Å². The molecule has 0 aliphatic rings. The Balaban J connectivity index is 1.83. The van der Waals surface area contributed by atoms with Crippen molar-refractivity contribution in [3.63, 3.8) is 0 Å². The molecule has 0 bridgehead atoms. The highest BCUT2D eigenvalue weighted by Crippen LogP contribution is 2.20. The van der Waals surface area contributed by atoms with E-state index in [1.165, 1.54) is 11.1 Å². The topological polar surface area (TPSA) is 17.1 Å². The van der Waals surface area contributed by atoms with Gasteiger partial charge in [0.2, 0.25) is 0 Å².